The molecule has 4 amide bonds. The topological polar surface area (TPSA) is 117 Å². The predicted molar refractivity (Wildman–Crippen MR) is 93.9 cm³/mol. The zero-order chi connectivity index (χ0) is 19.6. The maximum atomic E-state index is 12.5. The van der Waals surface area contributed by atoms with Crippen LogP contribution in [-0.2, 0) is 16.1 Å². The van der Waals surface area contributed by atoms with Gasteiger partial charge in [-0.25, -0.2) is 4.79 Å². The van der Waals surface area contributed by atoms with E-state index in [1.165, 1.54) is 0 Å². The van der Waals surface area contributed by atoms with Crippen LogP contribution < -0.4 is 20.1 Å². The number of carbonyl (C=O) groups excluding carboxylic acids is 3. The molecule has 1 aromatic rings. The van der Waals surface area contributed by atoms with Crippen molar-refractivity contribution < 1.29 is 29.0 Å². The van der Waals surface area contributed by atoms with Crippen LogP contribution in [0.15, 0.2) is 18.2 Å². The summed E-state index contributed by atoms with van der Waals surface area (Å²) in [6.07, 6.45) is -0.175. The molecule has 3 N–H and O–H groups in total. The van der Waals surface area contributed by atoms with E-state index in [0.717, 1.165) is 4.90 Å². The van der Waals surface area contributed by atoms with Crippen LogP contribution in [0.3, 0.4) is 0 Å². The van der Waals surface area contributed by atoms with E-state index in [1.54, 1.807) is 18.2 Å². The van der Waals surface area contributed by atoms with Crippen LogP contribution in [0.4, 0.5) is 4.79 Å². The number of imide groups is 1. The third-order valence-corrected chi connectivity index (χ3v) is 4.62. The molecule has 0 bridgehead atoms. The van der Waals surface area contributed by atoms with Crippen LogP contribution in [0, 0.1) is 5.92 Å². The molecule has 0 radical (unpaired) electrons. The van der Waals surface area contributed by atoms with Crippen molar-refractivity contribution in [3.8, 4) is 11.5 Å². The van der Waals surface area contributed by atoms with E-state index in [0.29, 0.717) is 17.1 Å². The van der Waals surface area contributed by atoms with Gasteiger partial charge in [-0.15, -0.1) is 0 Å². The fourth-order valence-corrected chi connectivity index (χ4v) is 2.96. The van der Waals surface area contributed by atoms with Crippen molar-refractivity contribution >= 4 is 17.8 Å². The molecule has 0 aliphatic carbocycles. The molecule has 2 aliphatic rings. The zero-order valence-electron chi connectivity index (χ0n) is 15.2. The molecule has 0 saturated carbocycles. The highest BCUT2D eigenvalue weighted by Crippen LogP contribution is 2.33. The number of carbonyl (C=O) groups is 3. The second-order valence-corrected chi connectivity index (χ2v) is 6.92. The first kappa shape index (κ1) is 19.0. The number of hydrogen-bond donors (Lipinski definition) is 3. The van der Waals surface area contributed by atoms with Gasteiger partial charge >= 0.3 is 6.03 Å². The molecule has 1 aromatic carbocycles. The van der Waals surface area contributed by atoms with Crippen LogP contribution in [0.25, 0.3) is 0 Å². The molecule has 2 aliphatic heterocycles. The highest BCUT2D eigenvalue weighted by Gasteiger charge is 2.39. The van der Waals surface area contributed by atoms with Crippen molar-refractivity contribution in [2.45, 2.75) is 38.9 Å². The summed E-state index contributed by atoms with van der Waals surface area (Å²) in [5.74, 6) is 0.382. The van der Waals surface area contributed by atoms with Crippen molar-refractivity contribution in [3.63, 3.8) is 0 Å². The summed E-state index contributed by atoms with van der Waals surface area (Å²) >= 11 is 0. The second-order valence-electron chi connectivity index (χ2n) is 6.92. The maximum Gasteiger partial charge on any atom is 0.325 e. The number of fused-ring (bicyclic) bond motifs is 1. The average Bonchev–Trinajstić information content (AvgIpc) is 3.19. The number of nitrogens with zero attached hydrogens (tertiary/aromatic N) is 1. The van der Waals surface area contributed by atoms with Gasteiger partial charge in [0.25, 0.3) is 5.91 Å². The molecular formula is C18H23N3O6. The molecular weight excluding hydrogens is 354 g/mol. The number of urea groups is 1. The number of aliphatic hydroxyl groups excluding tert-OH is 1. The number of nitrogens with one attached hydrogen (secondary N) is 2. The van der Waals surface area contributed by atoms with Crippen LogP contribution in [0.5, 0.6) is 11.5 Å². The van der Waals surface area contributed by atoms with Crippen LogP contribution in [0.2, 0.25) is 0 Å². The van der Waals surface area contributed by atoms with E-state index < -0.39 is 29.9 Å². The minimum atomic E-state index is -0.919. The van der Waals surface area contributed by atoms with Gasteiger partial charge < -0.3 is 25.2 Å². The minimum Gasteiger partial charge on any atom is -0.454 e. The molecule has 146 valence electrons. The van der Waals surface area contributed by atoms with E-state index >= 15 is 0 Å². The first-order chi connectivity index (χ1) is 12.9. The standard InChI is InChI=1S/C18H23N3O6/c1-10(2)13(8-22)19-16(23)6-12-17(24)21(18(25)20-12)7-11-3-4-14-15(5-11)27-9-26-14/h3-5,10,12-13,22H,6-9H2,1-2H3,(H,19,23)(H,20,25). The van der Waals surface area contributed by atoms with E-state index in [-0.39, 0.29) is 32.3 Å². The lowest BCUT2D eigenvalue weighted by Gasteiger charge is -2.20. The number of aliphatic hydroxyl groups is 1. The summed E-state index contributed by atoms with van der Waals surface area (Å²) in [6, 6.07) is 3.34. The smallest absolute Gasteiger partial charge is 0.325 e. The first-order valence-electron chi connectivity index (χ1n) is 8.79. The number of amides is 4. The molecule has 1 fully saturated rings. The molecule has 1 saturated heterocycles. The molecule has 9 heteroatoms. The number of benzene rings is 1. The monoisotopic (exact) mass is 377 g/mol. The van der Waals surface area contributed by atoms with Crippen LogP contribution in [0.1, 0.15) is 25.8 Å². The summed E-state index contributed by atoms with van der Waals surface area (Å²) in [5, 5.41) is 14.5. The molecule has 0 spiro atoms. The van der Waals surface area contributed by atoms with Gasteiger partial charge in [-0.3, -0.25) is 14.5 Å². The number of hydrogen-bond acceptors (Lipinski definition) is 6. The van der Waals surface area contributed by atoms with E-state index in [1.807, 2.05) is 13.8 Å². The molecule has 2 heterocycles. The Kier molecular flexibility index (Phi) is 5.50. The van der Waals surface area contributed by atoms with Gasteiger partial charge in [-0.2, -0.15) is 0 Å². The molecule has 2 atom stereocenters. The normalized spacial score (nSPS) is 19.4. The fraction of sp³-hybridized carbons (Fsp3) is 0.500. The zero-order valence-corrected chi connectivity index (χ0v) is 15.2. The Labute approximate surface area is 156 Å². The Morgan fingerprint density at radius 2 is 2.07 bits per heavy atom. The Morgan fingerprint density at radius 3 is 2.78 bits per heavy atom. The van der Waals surface area contributed by atoms with Crippen molar-refractivity contribution in [2.24, 2.45) is 5.92 Å². The highest BCUT2D eigenvalue weighted by molar-refractivity contribution is 6.05. The summed E-state index contributed by atoms with van der Waals surface area (Å²) in [7, 11) is 0. The summed E-state index contributed by atoms with van der Waals surface area (Å²) in [4.78, 5) is 37.9. The molecule has 9 nitrogen and oxygen atoms in total. The van der Waals surface area contributed by atoms with Gasteiger partial charge in [0.05, 0.1) is 25.6 Å². The summed E-state index contributed by atoms with van der Waals surface area (Å²) in [5.41, 5.74) is 0.716. The fourth-order valence-electron chi connectivity index (χ4n) is 2.96. The second kappa shape index (κ2) is 7.83. The van der Waals surface area contributed by atoms with E-state index in [2.05, 4.69) is 10.6 Å². The van der Waals surface area contributed by atoms with Gasteiger partial charge in [0.15, 0.2) is 11.5 Å². The van der Waals surface area contributed by atoms with Crippen LogP contribution >= 0.6 is 0 Å². The van der Waals surface area contributed by atoms with Crippen molar-refractivity contribution in [1.29, 1.82) is 0 Å². The van der Waals surface area contributed by atoms with Crippen molar-refractivity contribution in [1.82, 2.24) is 15.5 Å². The minimum absolute atomic E-state index is 0.0512. The maximum absolute atomic E-state index is 12.5. The Bertz CT molecular complexity index is 751. The van der Waals surface area contributed by atoms with Gasteiger partial charge in [0.1, 0.15) is 6.04 Å². The third kappa shape index (κ3) is 4.13. The van der Waals surface area contributed by atoms with E-state index in [9.17, 15) is 19.5 Å². The highest BCUT2D eigenvalue weighted by atomic mass is 16.7. The average molecular weight is 377 g/mol. The molecule has 2 unspecified atom stereocenters. The summed E-state index contributed by atoms with van der Waals surface area (Å²) in [6.45, 7) is 3.77. The third-order valence-electron chi connectivity index (χ3n) is 4.62. The lowest BCUT2D eigenvalue weighted by Crippen LogP contribution is -2.44. The van der Waals surface area contributed by atoms with E-state index in [4.69, 9.17) is 9.47 Å². The molecule has 3 rings (SSSR count). The number of ether oxygens (including phenoxy) is 2. The lowest BCUT2D eigenvalue weighted by atomic mass is 10.0. The largest absolute Gasteiger partial charge is 0.454 e. The first-order valence-corrected chi connectivity index (χ1v) is 8.79. The summed E-state index contributed by atoms with van der Waals surface area (Å²) < 4.78 is 10.5. The lowest BCUT2D eigenvalue weighted by molar-refractivity contribution is -0.131. The van der Waals surface area contributed by atoms with Crippen molar-refractivity contribution in [3.05, 3.63) is 23.8 Å². The molecule has 27 heavy (non-hydrogen) atoms. The van der Waals surface area contributed by atoms with Gasteiger partial charge in [-0.05, 0) is 23.6 Å². The Balaban J connectivity index is 1.60. The van der Waals surface area contributed by atoms with Crippen LogP contribution in [-0.4, -0.2) is 53.3 Å². The van der Waals surface area contributed by atoms with Gasteiger partial charge in [-0.1, -0.05) is 19.9 Å². The Hall–Kier alpha value is -2.81. The number of rotatable bonds is 7. The predicted octanol–water partition coefficient (Wildman–Crippen LogP) is 0.359. The van der Waals surface area contributed by atoms with Crippen molar-refractivity contribution in [2.75, 3.05) is 13.4 Å². The van der Waals surface area contributed by atoms with Gasteiger partial charge in [0, 0.05) is 0 Å². The Morgan fingerprint density at radius 1 is 1.33 bits per heavy atom. The van der Waals surface area contributed by atoms with Gasteiger partial charge in [0.2, 0.25) is 12.7 Å². The quantitative estimate of drug-likeness (QED) is 0.591. The SMILES string of the molecule is CC(C)C(CO)NC(=O)CC1NC(=O)N(Cc2ccc3c(c2)OCO3)C1=O. The molecule has 0 aromatic heterocycles.